The number of aliphatic imine (C=N–C) groups is 3. The van der Waals surface area contributed by atoms with Crippen LogP contribution in [-0.4, -0.2) is 89.9 Å². The van der Waals surface area contributed by atoms with E-state index in [4.69, 9.17) is 24.5 Å². The van der Waals surface area contributed by atoms with Gasteiger partial charge in [0.1, 0.15) is 0 Å². The van der Waals surface area contributed by atoms with Gasteiger partial charge in [-0.25, -0.2) is 4.79 Å². The molecule has 8 aromatic rings. The standard InChI is InChI=1S/C22H27N3O2S.C22H26N2O3S.C22H25NO4S.C20H22N2O3S/c1-5-23-19(26)10-17-15-9-20(27)25(4)11-16(15)22-21(12(2)13(3)28-22)18(24-17)8-14-6-7-14;1-5-27-20(26)10-17-15-9-19(25)24(4)11-16(15)22-21(12(2)13(3)28-22)18(23-17)8-14-6-7-14;1-5-27-20(26)9-8-16-11-19(25)23(4)12-17(16)22-21(13(2)14(3)28-22)18(24)10-15-6-7-15;1-10-11(2)26-20-14-9-22(3)17(23)7-13(14)15(8-18(24)25)21-16(19(10)20)6-12-4-5-12/h9,11,14,17H,5-8,10H2,1-4H3,(H,23,26);9,11,14,17H,5-8,10H2,1-4H3;8-9,11-12,15H,5-7,10H2,1-4H3;7,9,12,15H,4-6,8H2,1-3H3,(H,24,25)/b;;9-8+;. The fraction of sp³-hybridized carbons (Fsp3) is 0.465. The third-order valence-corrected chi connectivity index (χ3v) is 26.9. The average molecular weight is 1570 g/mol. The molecule has 580 valence electrons. The summed E-state index contributed by atoms with van der Waals surface area (Å²) in [6.45, 7) is 23.5. The second-order valence-electron chi connectivity index (χ2n) is 30.5. The first-order valence-corrected chi connectivity index (χ1v) is 41.7. The highest BCUT2D eigenvalue weighted by atomic mass is 32.1. The van der Waals surface area contributed by atoms with Gasteiger partial charge in [-0.1, -0.05) is 0 Å². The Kier molecular flexibility index (Phi) is 24.7. The highest BCUT2D eigenvalue weighted by Crippen LogP contribution is 2.50. The number of pyridine rings is 4. The number of esters is 2. The molecular weight excluding hydrogens is 1470 g/mol. The molecule has 0 saturated heterocycles. The molecule has 3 unspecified atom stereocenters. The molecule has 4 aliphatic carbocycles. The van der Waals surface area contributed by atoms with Crippen molar-refractivity contribution in [2.45, 2.75) is 191 Å². The number of ether oxygens (including phenoxy) is 2. The van der Waals surface area contributed by atoms with Crippen molar-refractivity contribution in [2.24, 2.45) is 66.8 Å². The largest absolute Gasteiger partial charge is 0.481 e. The summed E-state index contributed by atoms with van der Waals surface area (Å²) in [7, 11) is 6.97. The summed E-state index contributed by atoms with van der Waals surface area (Å²) < 4.78 is 16.4. The number of nitrogens with one attached hydrogen (secondary N) is 1. The van der Waals surface area contributed by atoms with Gasteiger partial charge in [-0.15, -0.1) is 45.3 Å². The van der Waals surface area contributed by atoms with Crippen molar-refractivity contribution >= 4 is 98.2 Å². The first-order chi connectivity index (χ1) is 52.4. The van der Waals surface area contributed by atoms with Crippen molar-refractivity contribution < 1.29 is 38.6 Å². The maximum Gasteiger partial charge on any atom is 0.330 e. The molecule has 15 rings (SSSR count). The topological polar surface area (TPSA) is 261 Å². The Morgan fingerprint density at radius 1 is 0.473 bits per heavy atom. The van der Waals surface area contributed by atoms with Gasteiger partial charge in [0, 0.05) is 197 Å². The van der Waals surface area contributed by atoms with Gasteiger partial charge in [0.15, 0.2) is 5.78 Å². The van der Waals surface area contributed by atoms with E-state index < -0.39 is 18.0 Å². The molecule has 110 heavy (non-hydrogen) atoms. The summed E-state index contributed by atoms with van der Waals surface area (Å²) >= 11 is 6.80. The zero-order chi connectivity index (χ0) is 79.0. The third-order valence-electron chi connectivity index (χ3n) is 21.9. The number of carbonyl (C=O) groups is 5. The number of amides is 1. The van der Waals surface area contributed by atoms with E-state index in [1.54, 1.807) is 132 Å². The Bertz CT molecular complexity index is 5210. The van der Waals surface area contributed by atoms with Gasteiger partial charge in [-0.2, -0.15) is 0 Å². The molecule has 3 aliphatic heterocycles. The molecule has 0 radical (unpaired) electrons. The van der Waals surface area contributed by atoms with Crippen LogP contribution >= 0.6 is 45.3 Å². The van der Waals surface area contributed by atoms with E-state index in [1.807, 2.05) is 39.4 Å². The van der Waals surface area contributed by atoms with Crippen LogP contribution in [0.4, 0.5) is 0 Å². The molecule has 24 heteroatoms. The summed E-state index contributed by atoms with van der Waals surface area (Å²) in [6, 6.07) is 5.18. The number of aromatic nitrogens is 4. The Morgan fingerprint density at radius 2 is 0.836 bits per heavy atom. The summed E-state index contributed by atoms with van der Waals surface area (Å²) in [5.74, 6) is 1.05. The normalized spacial score (nSPS) is 17.2. The summed E-state index contributed by atoms with van der Waals surface area (Å²) in [4.78, 5) is 135. The SMILES string of the molecule is CCNC(=O)CC1N=C(CC2CC2)c2c(sc(C)c2C)-c2cn(C)c(=O)cc21.CCOC(=O)/C=C/c1cc(=O)n(C)cc1-c1sc(C)c(C)c1C(=O)CC1CC1.CCOC(=O)CC1N=C(CC2CC2)c2c(sc(C)c2C)-c2cn(C)c(=O)cc21.Cc1sc2c(c1C)C(CC1CC1)=NC(CC(=O)O)c1cc(=O)n(C)cc1-2. The second-order valence-corrected chi connectivity index (χ2v) is 35.4. The number of nitrogens with zero attached hydrogens (tertiary/aromatic N) is 7. The van der Waals surface area contributed by atoms with E-state index in [2.05, 4.69) is 46.9 Å². The van der Waals surface area contributed by atoms with E-state index in [1.165, 1.54) is 107 Å². The lowest BCUT2D eigenvalue weighted by Gasteiger charge is -2.16. The summed E-state index contributed by atoms with van der Waals surface area (Å²) in [5.41, 5.74) is 18.7. The molecule has 7 aliphatic rings. The van der Waals surface area contributed by atoms with Crippen LogP contribution in [0.3, 0.4) is 0 Å². The Hall–Kier alpha value is -9.10. The minimum Gasteiger partial charge on any atom is -0.481 e. The number of thiophene rings is 4. The maximum atomic E-state index is 13.0. The lowest BCUT2D eigenvalue weighted by Crippen LogP contribution is -2.25. The van der Waals surface area contributed by atoms with Gasteiger partial charge in [0.05, 0.1) is 50.6 Å². The van der Waals surface area contributed by atoms with Crippen molar-refractivity contribution in [3.63, 3.8) is 0 Å². The van der Waals surface area contributed by atoms with E-state index in [9.17, 15) is 48.3 Å². The van der Waals surface area contributed by atoms with Crippen LogP contribution in [0, 0.1) is 79.1 Å². The van der Waals surface area contributed by atoms with Crippen LogP contribution in [-0.2, 0) is 56.8 Å². The number of fused-ring (bicyclic) bond motifs is 9. The van der Waals surface area contributed by atoms with Crippen LogP contribution < -0.4 is 27.6 Å². The fourth-order valence-electron chi connectivity index (χ4n) is 14.7. The Labute approximate surface area is 657 Å². The molecule has 2 N–H and O–H groups in total. The van der Waals surface area contributed by atoms with Gasteiger partial charge in [-0.3, -0.25) is 53.3 Å². The van der Waals surface area contributed by atoms with E-state index >= 15 is 0 Å². The molecule has 8 aromatic heterocycles. The van der Waals surface area contributed by atoms with Gasteiger partial charge in [0.2, 0.25) is 5.91 Å². The summed E-state index contributed by atoms with van der Waals surface area (Å²) in [5, 5.41) is 12.3. The number of hydrogen-bond acceptors (Lipinski definition) is 18. The molecule has 4 saturated carbocycles. The van der Waals surface area contributed by atoms with Crippen molar-refractivity contribution in [1.29, 1.82) is 0 Å². The number of ketones is 1. The number of aliphatic carboxylic acids is 1. The number of Topliss-reactive ketones (excluding diaryl/α,β-unsaturated/α-hetero) is 1. The van der Waals surface area contributed by atoms with Crippen molar-refractivity contribution in [3.05, 3.63) is 183 Å². The van der Waals surface area contributed by atoms with Crippen molar-refractivity contribution in [3.8, 4) is 41.8 Å². The van der Waals surface area contributed by atoms with Crippen molar-refractivity contribution in [2.75, 3.05) is 19.8 Å². The smallest absolute Gasteiger partial charge is 0.330 e. The lowest BCUT2D eigenvalue weighted by molar-refractivity contribution is -0.143. The molecule has 4 fully saturated rings. The van der Waals surface area contributed by atoms with E-state index in [0.717, 1.165) is 120 Å². The average Bonchev–Trinajstić information content (AvgIpc) is 1.62. The van der Waals surface area contributed by atoms with Crippen molar-refractivity contribution in [1.82, 2.24) is 23.6 Å². The molecule has 3 atom stereocenters. The highest BCUT2D eigenvalue weighted by molar-refractivity contribution is 7.17. The monoisotopic (exact) mass is 1560 g/mol. The highest BCUT2D eigenvalue weighted by Gasteiger charge is 2.38. The molecular formula is C86H100N8O12S4. The van der Waals surface area contributed by atoms with Crippen LogP contribution in [0.2, 0.25) is 0 Å². The second kappa shape index (κ2) is 33.9. The molecule has 20 nitrogen and oxygen atoms in total. The molecule has 1 amide bonds. The quantitative estimate of drug-likeness (QED) is 0.0387. The Balaban J connectivity index is 0.000000137. The first-order valence-electron chi connectivity index (χ1n) is 38.4. The van der Waals surface area contributed by atoms with Gasteiger partial charge < -0.3 is 38.2 Å². The minimum absolute atomic E-state index is 0.0215. The van der Waals surface area contributed by atoms with Gasteiger partial charge in [-0.05, 0) is 221 Å². The third kappa shape index (κ3) is 18.1. The minimum atomic E-state index is -0.894. The van der Waals surface area contributed by atoms with Crippen LogP contribution in [0.5, 0.6) is 0 Å². The summed E-state index contributed by atoms with van der Waals surface area (Å²) in [6.07, 6.45) is 23.7. The fourth-order valence-corrected chi connectivity index (χ4v) is 19.5. The molecule has 0 spiro atoms. The number of carbonyl (C=O) groups excluding carboxylic acids is 4. The molecule has 0 bridgehead atoms. The number of carboxylic acids is 1. The van der Waals surface area contributed by atoms with Crippen LogP contribution in [0.15, 0.2) is 89.3 Å². The zero-order valence-electron chi connectivity index (χ0n) is 65.7. The molecule has 11 heterocycles. The number of aryl methyl sites for hydroxylation is 8. The van der Waals surface area contributed by atoms with E-state index in [-0.39, 0.29) is 77.8 Å². The zero-order valence-corrected chi connectivity index (χ0v) is 69.0. The first kappa shape index (κ1) is 80.4. The maximum absolute atomic E-state index is 13.0. The lowest BCUT2D eigenvalue weighted by atomic mass is 9.96. The van der Waals surface area contributed by atoms with Crippen LogP contribution in [0.1, 0.15) is 226 Å². The number of hydrogen-bond donors (Lipinski definition) is 2. The van der Waals surface area contributed by atoms with Gasteiger partial charge in [0.25, 0.3) is 22.2 Å². The van der Waals surface area contributed by atoms with Gasteiger partial charge >= 0.3 is 17.9 Å². The van der Waals surface area contributed by atoms with E-state index in [0.29, 0.717) is 48.8 Å². The predicted octanol–water partition coefficient (Wildman–Crippen LogP) is 16.4. The molecule has 0 aromatic carbocycles. The Morgan fingerprint density at radius 3 is 1.22 bits per heavy atom. The van der Waals surface area contributed by atoms with Crippen LogP contribution in [0.25, 0.3) is 47.8 Å². The predicted molar refractivity (Wildman–Crippen MR) is 442 cm³/mol. The number of carboxylic acid groups (broad SMARTS) is 1. The number of rotatable bonds is 21.